The predicted octanol–water partition coefficient (Wildman–Crippen LogP) is 2.50. The molecule has 1 aromatic rings. The zero-order chi connectivity index (χ0) is 14.1. The lowest BCUT2D eigenvalue weighted by Gasteiger charge is -2.16. The highest BCUT2D eigenvalue weighted by Crippen LogP contribution is 2.07. The maximum absolute atomic E-state index is 12.1. The summed E-state index contributed by atoms with van der Waals surface area (Å²) in [6.45, 7) is 3.12. The van der Waals surface area contributed by atoms with Gasteiger partial charge in [-0.3, -0.25) is 4.79 Å². The normalized spacial score (nSPS) is 11.6. The molecule has 20 heavy (non-hydrogen) atoms. The van der Waals surface area contributed by atoms with Gasteiger partial charge in [-0.25, -0.2) is 0 Å². The summed E-state index contributed by atoms with van der Waals surface area (Å²) >= 11 is 0. The van der Waals surface area contributed by atoms with E-state index in [0.717, 1.165) is 24.8 Å². The standard InChI is InChI=1S/C15H24N2O2.ClH/c1-3-4-8-14(10-16)17-15(18)13-7-5-6-12(9-13)11-19-2;/h5-7,9,14H,3-4,8,10-11,16H2,1-2H3,(H,17,18);1H. The van der Waals surface area contributed by atoms with Crippen LogP contribution in [0.15, 0.2) is 24.3 Å². The summed E-state index contributed by atoms with van der Waals surface area (Å²) in [5, 5.41) is 2.98. The quantitative estimate of drug-likeness (QED) is 0.775. The predicted molar refractivity (Wildman–Crippen MR) is 84.2 cm³/mol. The fourth-order valence-electron chi connectivity index (χ4n) is 1.94. The van der Waals surface area contributed by atoms with Gasteiger partial charge in [0.2, 0.25) is 0 Å². The lowest BCUT2D eigenvalue weighted by Crippen LogP contribution is -2.40. The minimum Gasteiger partial charge on any atom is -0.380 e. The molecule has 0 aromatic heterocycles. The van der Waals surface area contributed by atoms with E-state index in [1.165, 1.54) is 0 Å². The Kier molecular flexibility index (Phi) is 10.1. The third-order valence-electron chi connectivity index (χ3n) is 3.03. The van der Waals surface area contributed by atoms with Crippen molar-refractivity contribution in [2.45, 2.75) is 38.8 Å². The molecule has 0 spiro atoms. The van der Waals surface area contributed by atoms with Gasteiger partial charge in [0, 0.05) is 25.3 Å². The zero-order valence-corrected chi connectivity index (χ0v) is 13.0. The van der Waals surface area contributed by atoms with Gasteiger partial charge in [-0.1, -0.05) is 31.9 Å². The summed E-state index contributed by atoms with van der Waals surface area (Å²) in [7, 11) is 1.64. The third kappa shape index (κ3) is 6.37. The van der Waals surface area contributed by atoms with Crippen LogP contribution in [0.4, 0.5) is 0 Å². The second-order valence-corrected chi connectivity index (χ2v) is 4.68. The molecule has 0 bridgehead atoms. The summed E-state index contributed by atoms with van der Waals surface area (Å²) in [6.07, 6.45) is 3.11. The summed E-state index contributed by atoms with van der Waals surface area (Å²) in [5.41, 5.74) is 7.33. The number of hydrogen-bond donors (Lipinski definition) is 2. The summed E-state index contributed by atoms with van der Waals surface area (Å²) in [5.74, 6) is -0.0653. The van der Waals surface area contributed by atoms with Crippen LogP contribution in [0.2, 0.25) is 0 Å². The molecule has 0 fully saturated rings. The van der Waals surface area contributed by atoms with Crippen LogP contribution in [0.3, 0.4) is 0 Å². The van der Waals surface area contributed by atoms with Crippen molar-refractivity contribution >= 4 is 18.3 Å². The Morgan fingerprint density at radius 3 is 2.80 bits per heavy atom. The number of rotatable bonds is 8. The number of carbonyl (C=O) groups excluding carboxylic acids is 1. The molecule has 0 radical (unpaired) electrons. The van der Waals surface area contributed by atoms with Crippen molar-refractivity contribution in [3.63, 3.8) is 0 Å². The van der Waals surface area contributed by atoms with Crippen molar-refractivity contribution in [2.75, 3.05) is 13.7 Å². The van der Waals surface area contributed by atoms with Gasteiger partial charge in [0.1, 0.15) is 0 Å². The van der Waals surface area contributed by atoms with E-state index >= 15 is 0 Å². The van der Waals surface area contributed by atoms with E-state index in [0.29, 0.717) is 18.7 Å². The monoisotopic (exact) mass is 300 g/mol. The average molecular weight is 301 g/mol. The molecule has 1 rings (SSSR count). The first-order valence-corrected chi connectivity index (χ1v) is 6.80. The molecule has 0 saturated heterocycles. The van der Waals surface area contributed by atoms with Gasteiger partial charge in [0.25, 0.3) is 5.91 Å². The number of ether oxygens (including phenoxy) is 1. The largest absolute Gasteiger partial charge is 0.380 e. The molecular formula is C15H25ClN2O2. The Morgan fingerprint density at radius 2 is 2.20 bits per heavy atom. The number of methoxy groups -OCH3 is 1. The van der Waals surface area contributed by atoms with Gasteiger partial charge in [-0.2, -0.15) is 0 Å². The zero-order valence-electron chi connectivity index (χ0n) is 12.2. The Hall–Kier alpha value is -1.10. The number of benzene rings is 1. The number of carbonyl (C=O) groups is 1. The number of hydrogen-bond acceptors (Lipinski definition) is 3. The van der Waals surface area contributed by atoms with Gasteiger partial charge in [0.05, 0.1) is 6.61 Å². The molecule has 0 saturated carbocycles. The Labute approximate surface area is 127 Å². The molecule has 1 atom stereocenters. The van der Waals surface area contributed by atoms with Crippen molar-refractivity contribution in [1.82, 2.24) is 5.32 Å². The van der Waals surface area contributed by atoms with Gasteiger partial charge >= 0.3 is 0 Å². The summed E-state index contributed by atoms with van der Waals surface area (Å²) in [6, 6.07) is 7.53. The Balaban J connectivity index is 0.00000361. The molecule has 1 amide bonds. The SMILES string of the molecule is CCCCC(CN)NC(=O)c1cccc(COC)c1.Cl. The molecule has 0 heterocycles. The molecular weight excluding hydrogens is 276 g/mol. The highest BCUT2D eigenvalue weighted by molar-refractivity contribution is 5.94. The summed E-state index contributed by atoms with van der Waals surface area (Å²) < 4.78 is 5.07. The van der Waals surface area contributed by atoms with E-state index in [9.17, 15) is 4.79 Å². The van der Waals surface area contributed by atoms with Crippen LogP contribution < -0.4 is 11.1 Å². The lowest BCUT2D eigenvalue weighted by molar-refractivity contribution is 0.0935. The van der Waals surface area contributed by atoms with E-state index in [1.807, 2.05) is 24.3 Å². The summed E-state index contributed by atoms with van der Waals surface area (Å²) in [4.78, 5) is 12.1. The van der Waals surface area contributed by atoms with Crippen LogP contribution in [0.25, 0.3) is 0 Å². The van der Waals surface area contributed by atoms with E-state index in [-0.39, 0.29) is 24.4 Å². The Bertz CT molecular complexity index is 399. The fourth-order valence-corrected chi connectivity index (χ4v) is 1.94. The molecule has 114 valence electrons. The van der Waals surface area contributed by atoms with Crippen LogP contribution in [-0.4, -0.2) is 25.6 Å². The van der Waals surface area contributed by atoms with Crippen molar-refractivity contribution < 1.29 is 9.53 Å². The minimum absolute atomic E-state index is 0. The molecule has 3 N–H and O–H groups in total. The Morgan fingerprint density at radius 1 is 1.45 bits per heavy atom. The second kappa shape index (κ2) is 10.7. The van der Waals surface area contributed by atoms with E-state index in [1.54, 1.807) is 7.11 Å². The molecule has 4 nitrogen and oxygen atoms in total. The number of unbranched alkanes of at least 4 members (excludes halogenated alkanes) is 1. The maximum Gasteiger partial charge on any atom is 0.251 e. The smallest absolute Gasteiger partial charge is 0.251 e. The molecule has 0 aliphatic carbocycles. The van der Waals surface area contributed by atoms with E-state index < -0.39 is 0 Å². The third-order valence-corrected chi connectivity index (χ3v) is 3.03. The van der Waals surface area contributed by atoms with Crippen LogP contribution in [-0.2, 0) is 11.3 Å². The van der Waals surface area contributed by atoms with Crippen LogP contribution in [0, 0.1) is 0 Å². The number of halogens is 1. The van der Waals surface area contributed by atoms with Crippen LogP contribution >= 0.6 is 12.4 Å². The highest BCUT2D eigenvalue weighted by Gasteiger charge is 2.12. The highest BCUT2D eigenvalue weighted by atomic mass is 35.5. The molecule has 1 unspecified atom stereocenters. The van der Waals surface area contributed by atoms with Gasteiger partial charge in [0.15, 0.2) is 0 Å². The number of nitrogens with one attached hydrogen (secondary N) is 1. The van der Waals surface area contributed by atoms with Crippen LogP contribution in [0.5, 0.6) is 0 Å². The average Bonchev–Trinajstić information content (AvgIpc) is 2.44. The van der Waals surface area contributed by atoms with Crippen molar-refractivity contribution in [2.24, 2.45) is 5.73 Å². The lowest BCUT2D eigenvalue weighted by atomic mass is 10.1. The number of amides is 1. The second-order valence-electron chi connectivity index (χ2n) is 4.68. The van der Waals surface area contributed by atoms with Crippen molar-refractivity contribution in [3.8, 4) is 0 Å². The van der Waals surface area contributed by atoms with E-state index in [4.69, 9.17) is 10.5 Å². The topological polar surface area (TPSA) is 64.3 Å². The first-order chi connectivity index (χ1) is 9.21. The van der Waals surface area contributed by atoms with E-state index in [2.05, 4.69) is 12.2 Å². The fraction of sp³-hybridized carbons (Fsp3) is 0.533. The van der Waals surface area contributed by atoms with Gasteiger partial charge in [-0.05, 0) is 24.1 Å². The first-order valence-electron chi connectivity index (χ1n) is 6.80. The molecule has 0 aliphatic rings. The molecule has 5 heteroatoms. The number of nitrogens with two attached hydrogens (primary N) is 1. The maximum atomic E-state index is 12.1. The van der Waals surface area contributed by atoms with Crippen LogP contribution in [0.1, 0.15) is 42.1 Å². The van der Waals surface area contributed by atoms with Gasteiger partial charge in [-0.15, -0.1) is 12.4 Å². The van der Waals surface area contributed by atoms with Crippen molar-refractivity contribution in [3.05, 3.63) is 35.4 Å². The van der Waals surface area contributed by atoms with Gasteiger partial charge < -0.3 is 15.8 Å². The molecule has 0 aliphatic heterocycles. The molecule has 1 aromatic carbocycles. The first kappa shape index (κ1) is 18.9. The van der Waals surface area contributed by atoms with Crippen molar-refractivity contribution in [1.29, 1.82) is 0 Å². The minimum atomic E-state index is -0.0653.